The van der Waals surface area contributed by atoms with Gasteiger partial charge in [-0.2, -0.15) is 0 Å². The molecule has 2 aliphatic rings. The smallest absolute Gasteiger partial charge is 0.220 e. The molecule has 2 rings (SSSR count). The SMILES string of the molecule is CC(CNC(=O)CCC1CCNCC1)N(C)C1CC1.Cl.Cl. The Labute approximate surface area is 141 Å². The average Bonchev–Trinajstić information content (AvgIpc) is 3.27. The van der Waals surface area contributed by atoms with Gasteiger partial charge in [-0.05, 0) is 65.1 Å². The number of rotatable bonds is 7. The van der Waals surface area contributed by atoms with E-state index in [1.807, 2.05) is 0 Å². The largest absolute Gasteiger partial charge is 0.355 e. The van der Waals surface area contributed by atoms with E-state index in [4.69, 9.17) is 0 Å². The van der Waals surface area contributed by atoms with E-state index < -0.39 is 0 Å². The number of hydrogen-bond acceptors (Lipinski definition) is 3. The highest BCUT2D eigenvalue weighted by Crippen LogP contribution is 2.26. The molecule has 1 aliphatic carbocycles. The maximum atomic E-state index is 11.9. The monoisotopic (exact) mass is 339 g/mol. The Morgan fingerprint density at radius 2 is 1.86 bits per heavy atom. The molecule has 21 heavy (non-hydrogen) atoms. The van der Waals surface area contributed by atoms with Gasteiger partial charge >= 0.3 is 0 Å². The van der Waals surface area contributed by atoms with Crippen molar-refractivity contribution < 1.29 is 4.79 Å². The fourth-order valence-corrected chi connectivity index (χ4v) is 2.84. The molecule has 1 saturated heterocycles. The van der Waals surface area contributed by atoms with Crippen molar-refractivity contribution in [2.45, 2.75) is 57.5 Å². The Morgan fingerprint density at radius 1 is 1.24 bits per heavy atom. The highest BCUT2D eigenvalue weighted by atomic mass is 35.5. The molecule has 0 bridgehead atoms. The molecule has 1 atom stereocenters. The molecule has 1 unspecified atom stereocenters. The molecule has 1 saturated carbocycles. The van der Waals surface area contributed by atoms with Crippen LogP contribution in [0, 0.1) is 5.92 Å². The number of halogens is 2. The molecule has 0 aromatic rings. The van der Waals surface area contributed by atoms with Crippen LogP contribution >= 0.6 is 24.8 Å². The number of hydrogen-bond donors (Lipinski definition) is 2. The maximum absolute atomic E-state index is 11.9. The van der Waals surface area contributed by atoms with Gasteiger partial charge in [0.2, 0.25) is 5.91 Å². The van der Waals surface area contributed by atoms with Gasteiger partial charge in [0, 0.05) is 25.0 Å². The van der Waals surface area contributed by atoms with Crippen molar-refractivity contribution in [2.24, 2.45) is 5.92 Å². The van der Waals surface area contributed by atoms with Gasteiger partial charge in [-0.25, -0.2) is 0 Å². The van der Waals surface area contributed by atoms with Gasteiger partial charge < -0.3 is 10.6 Å². The molecule has 2 N–H and O–H groups in total. The van der Waals surface area contributed by atoms with E-state index in [9.17, 15) is 4.79 Å². The predicted octanol–water partition coefficient (Wildman–Crippen LogP) is 2.21. The van der Waals surface area contributed by atoms with Crippen LogP contribution in [0.15, 0.2) is 0 Å². The molecule has 4 nitrogen and oxygen atoms in total. The van der Waals surface area contributed by atoms with Gasteiger partial charge in [0.1, 0.15) is 0 Å². The van der Waals surface area contributed by atoms with Crippen molar-refractivity contribution >= 4 is 30.7 Å². The summed E-state index contributed by atoms with van der Waals surface area (Å²) in [5, 5.41) is 6.45. The minimum Gasteiger partial charge on any atom is -0.355 e. The van der Waals surface area contributed by atoms with E-state index in [0.717, 1.165) is 38.0 Å². The van der Waals surface area contributed by atoms with Crippen LogP contribution in [0.3, 0.4) is 0 Å². The first kappa shape index (κ1) is 21.0. The highest BCUT2D eigenvalue weighted by Gasteiger charge is 2.29. The van der Waals surface area contributed by atoms with Crippen LogP contribution in [-0.2, 0) is 4.79 Å². The topological polar surface area (TPSA) is 44.4 Å². The number of amides is 1. The lowest BCUT2D eigenvalue weighted by atomic mass is 9.93. The summed E-state index contributed by atoms with van der Waals surface area (Å²) in [6, 6.07) is 1.22. The molecule has 2 fully saturated rings. The van der Waals surface area contributed by atoms with Crippen LogP contribution in [-0.4, -0.2) is 49.6 Å². The van der Waals surface area contributed by atoms with Crippen molar-refractivity contribution in [3.63, 3.8) is 0 Å². The first-order valence-corrected chi connectivity index (χ1v) is 7.86. The zero-order valence-electron chi connectivity index (χ0n) is 13.3. The summed E-state index contributed by atoms with van der Waals surface area (Å²) in [6.45, 7) is 5.23. The van der Waals surface area contributed by atoms with Crippen LogP contribution in [0.25, 0.3) is 0 Å². The lowest BCUT2D eigenvalue weighted by molar-refractivity contribution is -0.121. The van der Waals surface area contributed by atoms with E-state index in [1.54, 1.807) is 0 Å². The molecule has 1 aliphatic heterocycles. The Bertz CT molecular complexity index is 295. The number of nitrogens with one attached hydrogen (secondary N) is 2. The van der Waals surface area contributed by atoms with Gasteiger partial charge in [-0.15, -0.1) is 24.8 Å². The van der Waals surface area contributed by atoms with Gasteiger partial charge in [0.25, 0.3) is 0 Å². The third kappa shape index (κ3) is 7.68. The standard InChI is InChI=1S/C15H29N3O.2ClH/c1-12(18(2)14-4-5-14)11-17-15(19)6-3-13-7-9-16-10-8-13;;/h12-14,16H,3-11H2,1-2H3,(H,17,19);2*1H. The molecule has 6 heteroatoms. The van der Waals surface area contributed by atoms with E-state index in [2.05, 4.69) is 29.5 Å². The summed E-state index contributed by atoms with van der Waals surface area (Å²) in [7, 11) is 2.17. The summed E-state index contributed by atoms with van der Waals surface area (Å²) in [5.41, 5.74) is 0. The quantitative estimate of drug-likeness (QED) is 0.747. The van der Waals surface area contributed by atoms with Crippen molar-refractivity contribution in [3.05, 3.63) is 0 Å². The minimum atomic E-state index is 0. The number of likely N-dealkylation sites (N-methyl/N-ethyl adjacent to an activating group) is 1. The Kier molecular flexibility index (Phi) is 10.6. The first-order chi connectivity index (χ1) is 9.16. The second-order valence-corrected chi connectivity index (χ2v) is 6.28. The molecular weight excluding hydrogens is 309 g/mol. The fourth-order valence-electron chi connectivity index (χ4n) is 2.84. The van der Waals surface area contributed by atoms with Gasteiger partial charge in [-0.1, -0.05) is 0 Å². The van der Waals surface area contributed by atoms with Crippen LogP contribution in [0.2, 0.25) is 0 Å². The second-order valence-electron chi connectivity index (χ2n) is 6.28. The molecule has 0 spiro atoms. The van der Waals surface area contributed by atoms with Crippen LogP contribution in [0.4, 0.5) is 0 Å². The number of piperidine rings is 1. The molecule has 1 heterocycles. The van der Waals surface area contributed by atoms with Gasteiger partial charge in [0.05, 0.1) is 0 Å². The van der Waals surface area contributed by atoms with Crippen LogP contribution < -0.4 is 10.6 Å². The molecular formula is C15H31Cl2N3O. The summed E-state index contributed by atoms with van der Waals surface area (Å²) in [4.78, 5) is 14.2. The van der Waals surface area contributed by atoms with Gasteiger partial charge in [0.15, 0.2) is 0 Å². The number of nitrogens with zero attached hydrogens (tertiary/aromatic N) is 1. The average molecular weight is 340 g/mol. The summed E-state index contributed by atoms with van der Waals surface area (Å²) in [5.74, 6) is 0.980. The third-order valence-electron chi connectivity index (χ3n) is 4.65. The summed E-state index contributed by atoms with van der Waals surface area (Å²) < 4.78 is 0. The zero-order chi connectivity index (χ0) is 13.7. The lowest BCUT2D eigenvalue weighted by Gasteiger charge is -2.25. The van der Waals surface area contributed by atoms with E-state index >= 15 is 0 Å². The highest BCUT2D eigenvalue weighted by molar-refractivity contribution is 5.85. The second kappa shape index (κ2) is 10.7. The number of carbonyl (C=O) groups excluding carboxylic acids is 1. The number of carbonyl (C=O) groups is 1. The Morgan fingerprint density at radius 3 is 2.43 bits per heavy atom. The summed E-state index contributed by atoms with van der Waals surface area (Å²) in [6.07, 6.45) is 6.86. The molecule has 0 aromatic heterocycles. The summed E-state index contributed by atoms with van der Waals surface area (Å²) >= 11 is 0. The minimum absolute atomic E-state index is 0. The molecule has 126 valence electrons. The van der Waals surface area contributed by atoms with E-state index in [0.29, 0.717) is 12.5 Å². The lowest BCUT2D eigenvalue weighted by Crippen LogP contribution is -2.41. The Balaban J connectivity index is 0.00000200. The molecule has 0 aromatic carbocycles. The van der Waals surface area contributed by atoms with Crippen LogP contribution in [0.5, 0.6) is 0 Å². The fraction of sp³-hybridized carbons (Fsp3) is 0.933. The predicted molar refractivity (Wildman–Crippen MR) is 92.6 cm³/mol. The van der Waals surface area contributed by atoms with E-state index in [-0.39, 0.29) is 30.7 Å². The molecule has 0 radical (unpaired) electrons. The molecule has 1 amide bonds. The van der Waals surface area contributed by atoms with Crippen molar-refractivity contribution in [1.82, 2.24) is 15.5 Å². The van der Waals surface area contributed by atoms with Crippen LogP contribution in [0.1, 0.15) is 45.4 Å². The van der Waals surface area contributed by atoms with Gasteiger partial charge in [-0.3, -0.25) is 9.69 Å². The first-order valence-electron chi connectivity index (χ1n) is 7.86. The van der Waals surface area contributed by atoms with Crippen molar-refractivity contribution in [3.8, 4) is 0 Å². The third-order valence-corrected chi connectivity index (χ3v) is 4.65. The van der Waals surface area contributed by atoms with Crippen molar-refractivity contribution in [2.75, 3.05) is 26.7 Å². The maximum Gasteiger partial charge on any atom is 0.220 e. The normalized spacial score (nSPS) is 20.3. The Hall–Kier alpha value is -0.0300. The van der Waals surface area contributed by atoms with E-state index in [1.165, 1.54) is 25.7 Å². The zero-order valence-corrected chi connectivity index (χ0v) is 14.9. The van der Waals surface area contributed by atoms with Crippen molar-refractivity contribution in [1.29, 1.82) is 0 Å².